The lowest BCUT2D eigenvalue weighted by atomic mass is 9.86. The van der Waals surface area contributed by atoms with Crippen molar-refractivity contribution in [3.8, 4) is 0 Å². The summed E-state index contributed by atoms with van der Waals surface area (Å²) in [4.78, 5) is 24.6. The largest absolute Gasteiger partial charge is 0.451 e. The van der Waals surface area contributed by atoms with Crippen LogP contribution >= 0.6 is 34.5 Å². The minimum atomic E-state index is -0.589. The molecule has 1 aromatic heterocycles. The number of hydrogen-bond acceptors (Lipinski definition) is 4. The molecule has 134 valence electrons. The van der Waals surface area contributed by atoms with E-state index in [1.807, 2.05) is 0 Å². The number of thiophene rings is 1. The van der Waals surface area contributed by atoms with Crippen LogP contribution in [0.15, 0.2) is 18.2 Å². The summed E-state index contributed by atoms with van der Waals surface area (Å²) in [7, 11) is 0. The van der Waals surface area contributed by atoms with Gasteiger partial charge in [0.2, 0.25) is 0 Å². The molecular weight excluding hydrogens is 381 g/mol. The predicted molar refractivity (Wildman–Crippen MR) is 102 cm³/mol. The number of halogens is 2. The minimum Gasteiger partial charge on any atom is -0.451 e. The van der Waals surface area contributed by atoms with Crippen molar-refractivity contribution in [3.05, 3.63) is 33.1 Å². The summed E-state index contributed by atoms with van der Waals surface area (Å²) in [6, 6.07) is 5.40. The van der Waals surface area contributed by atoms with Crippen molar-refractivity contribution in [2.45, 2.75) is 38.6 Å². The predicted octanol–water partition coefficient (Wildman–Crippen LogP) is 5.06. The van der Waals surface area contributed by atoms with Crippen LogP contribution in [-0.2, 0) is 9.53 Å². The number of esters is 1. The van der Waals surface area contributed by atoms with Gasteiger partial charge < -0.3 is 10.1 Å². The van der Waals surface area contributed by atoms with E-state index < -0.39 is 5.97 Å². The van der Waals surface area contributed by atoms with Gasteiger partial charge in [0.05, 0.1) is 5.02 Å². The normalized spacial score (nSPS) is 20.4. The minimum absolute atomic E-state index is 0.162. The zero-order chi connectivity index (χ0) is 18.0. The second-order valence-corrected chi connectivity index (χ2v) is 8.26. The Morgan fingerprint density at radius 3 is 2.80 bits per heavy atom. The van der Waals surface area contributed by atoms with Crippen molar-refractivity contribution in [3.63, 3.8) is 0 Å². The van der Waals surface area contributed by atoms with Gasteiger partial charge in [-0.15, -0.1) is 11.3 Å². The zero-order valence-corrected chi connectivity index (χ0v) is 16.1. The first-order valence-corrected chi connectivity index (χ1v) is 9.87. The highest BCUT2D eigenvalue weighted by Crippen LogP contribution is 2.37. The van der Waals surface area contributed by atoms with Crippen molar-refractivity contribution >= 4 is 56.5 Å². The molecule has 1 fully saturated rings. The summed E-state index contributed by atoms with van der Waals surface area (Å²) < 4.78 is 5.96. The number of carbonyl (C=O) groups is 2. The molecule has 0 saturated heterocycles. The van der Waals surface area contributed by atoms with E-state index in [1.165, 1.54) is 17.8 Å². The second kappa shape index (κ2) is 7.94. The SMILES string of the molecule is CC1CCCCC1NC(=O)COC(=O)c1sc2cc(Cl)ccc2c1Cl. The zero-order valence-electron chi connectivity index (χ0n) is 13.8. The summed E-state index contributed by atoms with van der Waals surface area (Å²) in [5, 5.41) is 4.63. The van der Waals surface area contributed by atoms with Gasteiger partial charge in [-0.05, 0) is 30.9 Å². The third-order valence-electron chi connectivity index (χ3n) is 4.57. The standard InChI is InChI=1S/C18H19Cl2NO3S/c1-10-4-2-3-5-13(10)21-15(22)9-24-18(23)17-16(20)12-7-6-11(19)8-14(12)25-17/h6-8,10,13H,2-5,9H2,1H3,(H,21,22). The molecule has 2 aromatic rings. The van der Waals surface area contributed by atoms with Crippen molar-refractivity contribution in [1.29, 1.82) is 0 Å². The Hall–Kier alpha value is -1.30. The van der Waals surface area contributed by atoms with Crippen LogP contribution in [0.1, 0.15) is 42.3 Å². The Bertz CT molecular complexity index is 805. The fourth-order valence-electron chi connectivity index (χ4n) is 3.15. The molecule has 3 rings (SSSR count). The van der Waals surface area contributed by atoms with E-state index >= 15 is 0 Å². The summed E-state index contributed by atoms with van der Waals surface area (Å²) >= 11 is 13.4. The van der Waals surface area contributed by atoms with E-state index in [0.29, 0.717) is 16.0 Å². The van der Waals surface area contributed by atoms with Gasteiger partial charge >= 0.3 is 5.97 Å². The van der Waals surface area contributed by atoms with Gasteiger partial charge in [0.1, 0.15) is 4.88 Å². The van der Waals surface area contributed by atoms with Gasteiger partial charge in [-0.3, -0.25) is 4.79 Å². The highest BCUT2D eigenvalue weighted by Gasteiger charge is 2.24. The number of hydrogen-bond donors (Lipinski definition) is 1. The van der Waals surface area contributed by atoms with E-state index in [0.717, 1.165) is 29.3 Å². The number of amides is 1. The summed E-state index contributed by atoms with van der Waals surface area (Å²) in [6.07, 6.45) is 4.42. The Morgan fingerprint density at radius 1 is 1.28 bits per heavy atom. The van der Waals surface area contributed by atoms with Crippen LogP contribution in [-0.4, -0.2) is 24.5 Å². The van der Waals surface area contributed by atoms with Crippen LogP contribution in [0.2, 0.25) is 10.0 Å². The molecule has 0 aliphatic heterocycles. The average molecular weight is 400 g/mol. The van der Waals surface area contributed by atoms with Gasteiger partial charge in [-0.2, -0.15) is 0 Å². The molecule has 1 saturated carbocycles. The number of fused-ring (bicyclic) bond motifs is 1. The van der Waals surface area contributed by atoms with E-state index in [-0.39, 0.29) is 23.4 Å². The molecule has 0 radical (unpaired) electrons. The van der Waals surface area contributed by atoms with Gasteiger partial charge in [0.15, 0.2) is 6.61 Å². The Labute approximate surface area is 160 Å². The first kappa shape index (κ1) is 18.5. The fourth-order valence-corrected chi connectivity index (χ4v) is 4.82. The fraction of sp³-hybridized carbons (Fsp3) is 0.444. The highest BCUT2D eigenvalue weighted by atomic mass is 35.5. The molecule has 1 aliphatic rings. The topological polar surface area (TPSA) is 55.4 Å². The number of nitrogens with one attached hydrogen (secondary N) is 1. The van der Waals surface area contributed by atoms with Crippen LogP contribution in [0, 0.1) is 5.92 Å². The van der Waals surface area contributed by atoms with E-state index in [1.54, 1.807) is 18.2 Å². The molecule has 25 heavy (non-hydrogen) atoms. The average Bonchev–Trinajstić information content (AvgIpc) is 2.91. The third kappa shape index (κ3) is 4.27. The monoisotopic (exact) mass is 399 g/mol. The molecule has 1 heterocycles. The molecular formula is C18H19Cl2NO3S. The smallest absolute Gasteiger partial charge is 0.350 e. The van der Waals surface area contributed by atoms with Crippen molar-refractivity contribution in [2.75, 3.05) is 6.61 Å². The number of benzene rings is 1. The maximum atomic E-state index is 12.3. The second-order valence-electron chi connectivity index (χ2n) is 6.40. The summed E-state index contributed by atoms with van der Waals surface area (Å²) in [6.45, 7) is 1.84. The van der Waals surface area contributed by atoms with E-state index in [9.17, 15) is 9.59 Å². The molecule has 0 spiro atoms. The van der Waals surface area contributed by atoms with Gasteiger partial charge in [0, 0.05) is 21.2 Å². The molecule has 1 amide bonds. The van der Waals surface area contributed by atoms with Crippen LogP contribution in [0.5, 0.6) is 0 Å². The quantitative estimate of drug-likeness (QED) is 0.730. The van der Waals surface area contributed by atoms with Gasteiger partial charge in [0.25, 0.3) is 5.91 Å². The maximum absolute atomic E-state index is 12.3. The maximum Gasteiger partial charge on any atom is 0.350 e. The van der Waals surface area contributed by atoms with Crippen molar-refractivity contribution < 1.29 is 14.3 Å². The molecule has 1 aliphatic carbocycles. The first-order chi connectivity index (χ1) is 12.0. The molecule has 4 nitrogen and oxygen atoms in total. The van der Waals surface area contributed by atoms with Crippen LogP contribution in [0.3, 0.4) is 0 Å². The summed E-state index contributed by atoms with van der Waals surface area (Å²) in [5.41, 5.74) is 0. The van der Waals surface area contributed by atoms with E-state index in [2.05, 4.69) is 12.2 Å². The Morgan fingerprint density at radius 2 is 2.04 bits per heavy atom. The van der Waals surface area contributed by atoms with Gasteiger partial charge in [-0.25, -0.2) is 4.79 Å². The lowest BCUT2D eigenvalue weighted by Crippen LogP contribution is -2.42. The highest BCUT2D eigenvalue weighted by molar-refractivity contribution is 7.21. The number of carbonyl (C=O) groups excluding carboxylic acids is 2. The molecule has 1 aromatic carbocycles. The molecule has 0 bridgehead atoms. The summed E-state index contributed by atoms with van der Waals surface area (Å²) in [5.74, 6) is -0.406. The third-order valence-corrected chi connectivity index (χ3v) is 6.44. The molecule has 7 heteroatoms. The molecule has 2 atom stereocenters. The van der Waals surface area contributed by atoms with Crippen LogP contribution < -0.4 is 5.32 Å². The first-order valence-electron chi connectivity index (χ1n) is 8.29. The molecule has 2 unspecified atom stereocenters. The van der Waals surface area contributed by atoms with Crippen LogP contribution in [0.25, 0.3) is 10.1 Å². The Balaban J connectivity index is 1.60. The molecule has 1 N–H and O–H groups in total. The van der Waals surface area contributed by atoms with Crippen molar-refractivity contribution in [2.24, 2.45) is 5.92 Å². The van der Waals surface area contributed by atoms with E-state index in [4.69, 9.17) is 27.9 Å². The lowest BCUT2D eigenvalue weighted by molar-refractivity contribution is -0.125. The number of rotatable bonds is 4. The van der Waals surface area contributed by atoms with Gasteiger partial charge in [-0.1, -0.05) is 49.0 Å². The van der Waals surface area contributed by atoms with Crippen molar-refractivity contribution in [1.82, 2.24) is 5.32 Å². The van der Waals surface area contributed by atoms with Crippen LogP contribution in [0.4, 0.5) is 0 Å². The number of ether oxygens (including phenoxy) is 1. The Kier molecular flexibility index (Phi) is 5.87. The lowest BCUT2D eigenvalue weighted by Gasteiger charge is -2.29.